The van der Waals surface area contributed by atoms with Gasteiger partial charge in [0.2, 0.25) is 5.91 Å². The molecule has 0 saturated carbocycles. The Morgan fingerprint density at radius 1 is 1.17 bits per heavy atom. The van der Waals surface area contributed by atoms with Crippen molar-refractivity contribution >= 4 is 11.6 Å². The fourth-order valence-electron chi connectivity index (χ4n) is 2.45. The van der Waals surface area contributed by atoms with Crippen LogP contribution in [0, 0.1) is 25.5 Å². The van der Waals surface area contributed by atoms with Crippen molar-refractivity contribution in [3.63, 3.8) is 0 Å². The first-order valence-corrected chi connectivity index (χ1v) is 7.80. The third kappa shape index (κ3) is 4.38. The monoisotopic (exact) mass is 332 g/mol. The Hall–Kier alpha value is -2.27. The minimum atomic E-state index is -0.612. The largest absolute Gasteiger partial charge is 0.324 e. The first kappa shape index (κ1) is 18.1. The molecule has 0 aliphatic rings. The van der Waals surface area contributed by atoms with Crippen LogP contribution in [0.15, 0.2) is 36.4 Å². The molecule has 3 nitrogen and oxygen atoms in total. The molecule has 0 spiro atoms. The summed E-state index contributed by atoms with van der Waals surface area (Å²) in [6.07, 6.45) is 0. The zero-order chi connectivity index (χ0) is 17.9. The van der Waals surface area contributed by atoms with Crippen LogP contribution in [0.5, 0.6) is 0 Å². The third-order valence-corrected chi connectivity index (χ3v) is 4.12. The van der Waals surface area contributed by atoms with Gasteiger partial charge < -0.3 is 5.32 Å². The van der Waals surface area contributed by atoms with E-state index < -0.39 is 17.7 Å². The van der Waals surface area contributed by atoms with Crippen LogP contribution in [0.3, 0.4) is 0 Å². The van der Waals surface area contributed by atoms with Gasteiger partial charge in [0.05, 0.1) is 6.04 Å². The van der Waals surface area contributed by atoms with Crippen molar-refractivity contribution < 1.29 is 13.6 Å². The Morgan fingerprint density at radius 3 is 2.50 bits per heavy atom. The van der Waals surface area contributed by atoms with Crippen LogP contribution in [0.2, 0.25) is 0 Å². The van der Waals surface area contributed by atoms with Crippen molar-refractivity contribution in [2.24, 2.45) is 0 Å². The van der Waals surface area contributed by atoms with Crippen LogP contribution in [0.4, 0.5) is 14.5 Å². The van der Waals surface area contributed by atoms with Gasteiger partial charge in [-0.3, -0.25) is 9.69 Å². The maximum absolute atomic E-state index is 13.7. The summed E-state index contributed by atoms with van der Waals surface area (Å²) in [5.41, 5.74) is 3.23. The average molecular weight is 332 g/mol. The third-order valence-electron chi connectivity index (χ3n) is 4.12. The summed E-state index contributed by atoms with van der Waals surface area (Å²) >= 11 is 0. The Kier molecular flexibility index (Phi) is 5.67. The molecule has 24 heavy (non-hydrogen) atoms. The first-order chi connectivity index (χ1) is 11.3. The molecule has 0 aliphatic carbocycles. The maximum atomic E-state index is 13.7. The molecule has 5 heteroatoms. The van der Waals surface area contributed by atoms with E-state index in [0.29, 0.717) is 5.56 Å². The molecule has 128 valence electrons. The second-order valence-corrected chi connectivity index (χ2v) is 6.13. The number of likely N-dealkylation sites (N-methyl/N-ethyl adjacent to an activating group) is 1. The van der Waals surface area contributed by atoms with E-state index in [-0.39, 0.29) is 12.5 Å². The summed E-state index contributed by atoms with van der Waals surface area (Å²) in [6, 6.07) is 8.80. The van der Waals surface area contributed by atoms with E-state index in [4.69, 9.17) is 0 Å². The average Bonchev–Trinajstić information content (AvgIpc) is 2.51. The summed E-state index contributed by atoms with van der Waals surface area (Å²) in [5.74, 6) is -1.39. The molecule has 2 aromatic rings. The van der Waals surface area contributed by atoms with E-state index >= 15 is 0 Å². The fourth-order valence-corrected chi connectivity index (χ4v) is 2.45. The second kappa shape index (κ2) is 7.53. The predicted molar refractivity (Wildman–Crippen MR) is 91.8 cm³/mol. The number of hydrogen-bond donors (Lipinski definition) is 1. The van der Waals surface area contributed by atoms with E-state index in [2.05, 4.69) is 5.32 Å². The van der Waals surface area contributed by atoms with Gasteiger partial charge in [-0.2, -0.15) is 0 Å². The van der Waals surface area contributed by atoms with Crippen molar-refractivity contribution in [3.8, 4) is 0 Å². The van der Waals surface area contributed by atoms with Gasteiger partial charge in [-0.05, 0) is 45.5 Å². The Balaban J connectivity index is 2.03. The van der Waals surface area contributed by atoms with Crippen LogP contribution in [0.1, 0.15) is 23.6 Å². The molecule has 1 unspecified atom stereocenters. The first-order valence-electron chi connectivity index (χ1n) is 7.80. The van der Waals surface area contributed by atoms with Crippen molar-refractivity contribution in [1.29, 1.82) is 0 Å². The quantitative estimate of drug-likeness (QED) is 0.896. The molecule has 0 radical (unpaired) electrons. The summed E-state index contributed by atoms with van der Waals surface area (Å²) in [7, 11) is 1.73. The maximum Gasteiger partial charge on any atom is 0.241 e. The highest BCUT2D eigenvalue weighted by molar-refractivity contribution is 5.95. The highest BCUT2D eigenvalue weighted by atomic mass is 19.1. The molecule has 2 aromatic carbocycles. The van der Waals surface area contributed by atoms with Gasteiger partial charge in [0.1, 0.15) is 11.6 Å². The van der Waals surface area contributed by atoms with Crippen LogP contribution in [-0.4, -0.2) is 23.9 Å². The lowest BCUT2D eigenvalue weighted by atomic mass is 10.1. The van der Waals surface area contributed by atoms with E-state index in [9.17, 15) is 13.6 Å². The van der Waals surface area contributed by atoms with Crippen LogP contribution in [0.25, 0.3) is 0 Å². The van der Waals surface area contributed by atoms with Crippen LogP contribution >= 0.6 is 0 Å². The standard InChI is InChI=1S/C19H22F2N2O/c1-12-5-8-18(13(2)9-12)22-19(24)14(3)23(4)11-15-6-7-16(20)10-17(15)21/h5-10,14H,11H2,1-4H3,(H,22,24). The number of nitrogens with one attached hydrogen (secondary N) is 1. The molecule has 1 N–H and O–H groups in total. The van der Waals surface area contributed by atoms with Crippen molar-refractivity contribution in [1.82, 2.24) is 4.90 Å². The second-order valence-electron chi connectivity index (χ2n) is 6.13. The molecule has 0 bridgehead atoms. The number of nitrogens with zero attached hydrogens (tertiary/aromatic N) is 1. The number of benzene rings is 2. The summed E-state index contributed by atoms with van der Waals surface area (Å²) < 4.78 is 26.7. The highest BCUT2D eigenvalue weighted by Gasteiger charge is 2.20. The molecule has 1 atom stereocenters. The number of amides is 1. The van der Waals surface area contributed by atoms with E-state index in [0.717, 1.165) is 22.9 Å². The fraction of sp³-hybridized carbons (Fsp3) is 0.316. The number of aryl methyl sites for hydroxylation is 2. The van der Waals surface area contributed by atoms with Crippen molar-refractivity contribution in [2.75, 3.05) is 12.4 Å². The topological polar surface area (TPSA) is 32.3 Å². The Labute approximate surface area is 141 Å². The molecule has 1 amide bonds. The van der Waals surface area contributed by atoms with Gasteiger partial charge in [-0.15, -0.1) is 0 Å². The van der Waals surface area contributed by atoms with Gasteiger partial charge in [0.15, 0.2) is 0 Å². The normalized spacial score (nSPS) is 12.3. The highest BCUT2D eigenvalue weighted by Crippen LogP contribution is 2.18. The van der Waals surface area contributed by atoms with Gasteiger partial charge in [-0.1, -0.05) is 23.8 Å². The van der Waals surface area contributed by atoms with Crippen LogP contribution < -0.4 is 5.32 Å². The Bertz CT molecular complexity index is 746. The number of carbonyl (C=O) groups is 1. The van der Waals surface area contributed by atoms with Crippen molar-refractivity contribution in [3.05, 3.63) is 64.7 Å². The van der Waals surface area contributed by atoms with E-state index in [1.807, 2.05) is 32.0 Å². The van der Waals surface area contributed by atoms with Gasteiger partial charge in [-0.25, -0.2) is 8.78 Å². The molecule has 0 saturated heterocycles. The van der Waals surface area contributed by atoms with Crippen molar-refractivity contribution in [2.45, 2.75) is 33.4 Å². The SMILES string of the molecule is Cc1ccc(NC(=O)C(C)N(C)Cc2ccc(F)cc2F)c(C)c1. The molecule has 2 rings (SSSR count). The zero-order valence-corrected chi connectivity index (χ0v) is 14.4. The Morgan fingerprint density at radius 2 is 1.88 bits per heavy atom. The smallest absolute Gasteiger partial charge is 0.241 e. The molecule has 0 aliphatic heterocycles. The number of halogens is 2. The summed E-state index contributed by atoms with van der Waals surface area (Å²) in [5, 5.41) is 2.89. The summed E-state index contributed by atoms with van der Waals surface area (Å²) in [6.45, 7) is 5.89. The lowest BCUT2D eigenvalue weighted by Crippen LogP contribution is -2.39. The van der Waals surface area contributed by atoms with E-state index in [1.165, 1.54) is 12.1 Å². The molecule has 0 fully saturated rings. The minimum absolute atomic E-state index is 0.174. The number of rotatable bonds is 5. The molecule has 0 heterocycles. The molecular formula is C19H22F2N2O. The molecular weight excluding hydrogens is 310 g/mol. The van der Waals surface area contributed by atoms with Gasteiger partial charge in [0, 0.05) is 23.9 Å². The number of carbonyl (C=O) groups excluding carboxylic acids is 1. The van der Waals surface area contributed by atoms with E-state index in [1.54, 1.807) is 18.9 Å². The van der Waals surface area contributed by atoms with Gasteiger partial charge >= 0.3 is 0 Å². The zero-order valence-electron chi connectivity index (χ0n) is 14.4. The van der Waals surface area contributed by atoms with Crippen LogP contribution in [-0.2, 0) is 11.3 Å². The molecule has 0 aromatic heterocycles. The lowest BCUT2D eigenvalue weighted by Gasteiger charge is -2.24. The predicted octanol–water partition coefficient (Wildman–Crippen LogP) is 4.04. The number of anilines is 1. The van der Waals surface area contributed by atoms with Gasteiger partial charge in [0.25, 0.3) is 0 Å². The minimum Gasteiger partial charge on any atom is -0.324 e. The summed E-state index contributed by atoms with van der Waals surface area (Å²) in [4.78, 5) is 14.1. The number of hydrogen-bond acceptors (Lipinski definition) is 2. The lowest BCUT2D eigenvalue weighted by molar-refractivity contribution is -0.120.